The van der Waals surface area contributed by atoms with Crippen LogP contribution in [0.4, 0.5) is 0 Å². The number of rotatable bonds is 3. The van der Waals surface area contributed by atoms with Gasteiger partial charge in [-0.05, 0) is 49.4 Å². The van der Waals surface area contributed by atoms with Crippen LogP contribution in [0.15, 0.2) is 77.3 Å². The van der Waals surface area contributed by atoms with Crippen LogP contribution < -0.4 is 0 Å². The highest BCUT2D eigenvalue weighted by Gasteiger charge is 2.15. The van der Waals surface area contributed by atoms with Gasteiger partial charge < -0.3 is 4.42 Å². The van der Waals surface area contributed by atoms with Crippen molar-refractivity contribution in [1.82, 2.24) is 14.8 Å². The molecular formula is C19H15N3O. The SMILES string of the molecule is Cc1ccc(-c2cc(-c3ccccn3)nn2-c2ccccc2)o1. The van der Waals surface area contributed by atoms with E-state index >= 15 is 0 Å². The van der Waals surface area contributed by atoms with E-state index in [1.165, 1.54) is 0 Å². The average molecular weight is 301 g/mol. The van der Waals surface area contributed by atoms with Crippen molar-refractivity contribution in [1.29, 1.82) is 0 Å². The molecule has 3 heterocycles. The van der Waals surface area contributed by atoms with Crippen LogP contribution in [0.25, 0.3) is 28.5 Å². The van der Waals surface area contributed by atoms with E-state index in [0.717, 1.165) is 34.3 Å². The zero-order valence-corrected chi connectivity index (χ0v) is 12.7. The molecule has 0 bridgehead atoms. The van der Waals surface area contributed by atoms with Gasteiger partial charge in [0.25, 0.3) is 0 Å². The van der Waals surface area contributed by atoms with Crippen molar-refractivity contribution in [2.24, 2.45) is 0 Å². The Kier molecular flexibility index (Phi) is 3.27. The summed E-state index contributed by atoms with van der Waals surface area (Å²) < 4.78 is 7.69. The van der Waals surface area contributed by atoms with E-state index in [9.17, 15) is 0 Å². The first-order valence-corrected chi connectivity index (χ1v) is 7.45. The number of benzene rings is 1. The highest BCUT2D eigenvalue weighted by Crippen LogP contribution is 2.29. The third-order valence-electron chi connectivity index (χ3n) is 3.63. The number of aryl methyl sites for hydroxylation is 1. The quantitative estimate of drug-likeness (QED) is 0.559. The predicted octanol–water partition coefficient (Wildman–Crippen LogP) is 4.50. The topological polar surface area (TPSA) is 43.9 Å². The number of aromatic nitrogens is 3. The monoisotopic (exact) mass is 301 g/mol. The Morgan fingerprint density at radius 2 is 1.70 bits per heavy atom. The van der Waals surface area contributed by atoms with Gasteiger partial charge in [-0.1, -0.05) is 24.3 Å². The lowest BCUT2D eigenvalue weighted by atomic mass is 10.2. The number of pyridine rings is 1. The number of para-hydroxylation sites is 1. The molecule has 0 saturated heterocycles. The Morgan fingerprint density at radius 1 is 0.870 bits per heavy atom. The lowest BCUT2D eigenvalue weighted by Crippen LogP contribution is -1.98. The fourth-order valence-electron chi connectivity index (χ4n) is 2.53. The van der Waals surface area contributed by atoms with Crippen molar-refractivity contribution in [3.63, 3.8) is 0 Å². The van der Waals surface area contributed by atoms with Gasteiger partial charge in [0.15, 0.2) is 5.76 Å². The number of furan rings is 1. The van der Waals surface area contributed by atoms with E-state index in [-0.39, 0.29) is 0 Å². The molecule has 4 aromatic rings. The van der Waals surface area contributed by atoms with Crippen LogP contribution in [0, 0.1) is 6.92 Å². The summed E-state index contributed by atoms with van der Waals surface area (Å²) in [7, 11) is 0. The summed E-state index contributed by atoms with van der Waals surface area (Å²) in [6, 6.07) is 21.8. The molecule has 0 radical (unpaired) electrons. The summed E-state index contributed by atoms with van der Waals surface area (Å²) >= 11 is 0. The third kappa shape index (κ3) is 2.55. The third-order valence-corrected chi connectivity index (χ3v) is 3.63. The smallest absolute Gasteiger partial charge is 0.152 e. The van der Waals surface area contributed by atoms with Crippen molar-refractivity contribution in [3.8, 4) is 28.5 Å². The molecule has 0 amide bonds. The molecule has 23 heavy (non-hydrogen) atoms. The number of hydrogen-bond acceptors (Lipinski definition) is 3. The van der Waals surface area contributed by atoms with Gasteiger partial charge >= 0.3 is 0 Å². The summed E-state index contributed by atoms with van der Waals surface area (Å²) in [5.41, 5.74) is 3.55. The molecule has 0 fully saturated rings. The second-order valence-electron chi connectivity index (χ2n) is 5.29. The maximum atomic E-state index is 5.80. The van der Waals surface area contributed by atoms with E-state index < -0.39 is 0 Å². The van der Waals surface area contributed by atoms with Crippen LogP contribution in [0.1, 0.15) is 5.76 Å². The molecule has 0 aliphatic rings. The van der Waals surface area contributed by atoms with E-state index in [4.69, 9.17) is 9.52 Å². The van der Waals surface area contributed by atoms with Crippen LogP contribution in [0.5, 0.6) is 0 Å². The summed E-state index contributed by atoms with van der Waals surface area (Å²) in [6.07, 6.45) is 1.77. The highest BCUT2D eigenvalue weighted by molar-refractivity contribution is 5.66. The molecule has 0 N–H and O–H groups in total. The first-order valence-electron chi connectivity index (χ1n) is 7.45. The van der Waals surface area contributed by atoms with E-state index in [1.807, 2.05) is 78.3 Å². The minimum absolute atomic E-state index is 0.793. The number of hydrogen-bond donors (Lipinski definition) is 0. The Morgan fingerprint density at radius 3 is 2.39 bits per heavy atom. The van der Waals surface area contributed by atoms with Crippen molar-refractivity contribution < 1.29 is 4.42 Å². The van der Waals surface area contributed by atoms with Gasteiger partial charge in [-0.3, -0.25) is 4.98 Å². The van der Waals surface area contributed by atoms with Gasteiger partial charge in [-0.25, -0.2) is 4.68 Å². The molecule has 112 valence electrons. The molecule has 4 heteroatoms. The van der Waals surface area contributed by atoms with Gasteiger partial charge in [0, 0.05) is 6.20 Å². The van der Waals surface area contributed by atoms with Gasteiger partial charge in [-0.15, -0.1) is 0 Å². The fraction of sp³-hybridized carbons (Fsp3) is 0.0526. The van der Waals surface area contributed by atoms with Crippen LogP contribution in [0.2, 0.25) is 0 Å². The molecule has 0 aliphatic carbocycles. The molecule has 0 saturated carbocycles. The molecule has 0 unspecified atom stereocenters. The Balaban J connectivity index is 1.91. The fourth-order valence-corrected chi connectivity index (χ4v) is 2.53. The minimum Gasteiger partial charge on any atom is -0.460 e. The van der Waals surface area contributed by atoms with Crippen LogP contribution in [0.3, 0.4) is 0 Å². The van der Waals surface area contributed by atoms with Gasteiger partial charge in [0.1, 0.15) is 17.1 Å². The molecule has 1 aromatic carbocycles. The van der Waals surface area contributed by atoms with Crippen molar-refractivity contribution in [2.45, 2.75) is 6.92 Å². The van der Waals surface area contributed by atoms with E-state index in [0.29, 0.717) is 0 Å². The second kappa shape index (κ2) is 5.57. The minimum atomic E-state index is 0.793. The van der Waals surface area contributed by atoms with Gasteiger partial charge in [0.05, 0.1) is 11.4 Å². The normalized spacial score (nSPS) is 10.8. The van der Waals surface area contributed by atoms with Crippen molar-refractivity contribution in [2.75, 3.05) is 0 Å². The molecule has 4 nitrogen and oxygen atoms in total. The van der Waals surface area contributed by atoms with Crippen LogP contribution >= 0.6 is 0 Å². The Bertz CT molecular complexity index is 924. The molecule has 4 rings (SSSR count). The molecule has 0 spiro atoms. The maximum absolute atomic E-state index is 5.80. The lowest BCUT2D eigenvalue weighted by Gasteiger charge is -2.05. The summed E-state index contributed by atoms with van der Waals surface area (Å²) in [6.45, 7) is 1.94. The number of nitrogens with zero attached hydrogens (tertiary/aromatic N) is 3. The Labute approximate surface area is 134 Å². The zero-order valence-electron chi connectivity index (χ0n) is 12.7. The first-order chi connectivity index (χ1) is 11.3. The highest BCUT2D eigenvalue weighted by atomic mass is 16.3. The summed E-state index contributed by atoms with van der Waals surface area (Å²) in [4.78, 5) is 4.39. The molecule has 3 aromatic heterocycles. The largest absolute Gasteiger partial charge is 0.460 e. The summed E-state index contributed by atoms with van der Waals surface area (Å²) in [5, 5.41) is 4.73. The molecule has 0 aliphatic heterocycles. The van der Waals surface area contributed by atoms with Gasteiger partial charge in [0.2, 0.25) is 0 Å². The zero-order chi connectivity index (χ0) is 15.6. The molecular weight excluding hydrogens is 286 g/mol. The van der Waals surface area contributed by atoms with E-state index in [1.54, 1.807) is 6.20 Å². The van der Waals surface area contributed by atoms with Crippen molar-refractivity contribution >= 4 is 0 Å². The standard InChI is InChI=1S/C19H15N3O/c1-14-10-11-19(23-14)18-13-17(16-9-5-6-12-20-16)21-22(18)15-7-3-2-4-8-15/h2-13H,1H3. The van der Waals surface area contributed by atoms with Crippen molar-refractivity contribution in [3.05, 3.63) is 78.7 Å². The Hall–Kier alpha value is -3.14. The predicted molar refractivity (Wildman–Crippen MR) is 89.2 cm³/mol. The average Bonchev–Trinajstić information content (AvgIpc) is 3.23. The maximum Gasteiger partial charge on any atom is 0.152 e. The summed E-state index contributed by atoms with van der Waals surface area (Å²) in [5.74, 6) is 1.67. The first kappa shape index (κ1) is 13.5. The van der Waals surface area contributed by atoms with Crippen LogP contribution in [-0.4, -0.2) is 14.8 Å². The second-order valence-corrected chi connectivity index (χ2v) is 5.29. The van der Waals surface area contributed by atoms with E-state index in [2.05, 4.69) is 4.98 Å². The van der Waals surface area contributed by atoms with Gasteiger partial charge in [-0.2, -0.15) is 5.10 Å². The lowest BCUT2D eigenvalue weighted by molar-refractivity contribution is 0.544. The molecule has 0 atom stereocenters. The van der Waals surface area contributed by atoms with Crippen LogP contribution in [-0.2, 0) is 0 Å².